The lowest BCUT2D eigenvalue weighted by molar-refractivity contribution is 0.275. The van der Waals surface area contributed by atoms with Gasteiger partial charge in [-0.15, -0.1) is 0 Å². The second kappa shape index (κ2) is 9.11. The Labute approximate surface area is 147 Å². The van der Waals surface area contributed by atoms with Crippen molar-refractivity contribution in [2.75, 3.05) is 0 Å². The molecule has 0 bridgehead atoms. The highest BCUT2D eigenvalue weighted by Crippen LogP contribution is 2.26. The highest BCUT2D eigenvalue weighted by atomic mass is 31.2. The van der Waals surface area contributed by atoms with Crippen molar-refractivity contribution in [2.45, 2.75) is 0 Å². The monoisotopic (exact) mass is 354 g/mol. The lowest BCUT2D eigenvalue weighted by Gasteiger charge is -2.08. The molecule has 25 heavy (non-hydrogen) atoms. The topological polar surface area (TPSA) is 77.8 Å². The lowest BCUT2D eigenvalue weighted by Crippen LogP contribution is -1.87. The van der Waals surface area contributed by atoms with Gasteiger partial charge in [0.25, 0.3) is 0 Å². The average molecular weight is 354 g/mol. The van der Waals surface area contributed by atoms with E-state index in [4.69, 9.17) is 19.2 Å². The normalized spacial score (nSPS) is 10.4. The first-order valence-electron chi connectivity index (χ1n) is 7.59. The third kappa shape index (κ3) is 7.29. The van der Waals surface area contributed by atoms with Crippen LogP contribution >= 0.6 is 7.82 Å². The first-order chi connectivity index (χ1) is 11.9. The summed E-state index contributed by atoms with van der Waals surface area (Å²) in [5.41, 5.74) is 4.94. The Hall–Kier alpha value is -2.49. The second-order valence-electron chi connectivity index (χ2n) is 5.21. The summed E-state index contributed by atoms with van der Waals surface area (Å²) in [6, 6.07) is 31.5. The van der Waals surface area contributed by atoms with Crippen molar-refractivity contribution < 1.29 is 19.2 Å². The minimum absolute atomic E-state index is 1.22. The molecule has 3 aromatic rings. The van der Waals surface area contributed by atoms with Crippen molar-refractivity contribution in [1.82, 2.24) is 0 Å². The summed E-state index contributed by atoms with van der Waals surface area (Å²) >= 11 is 0. The van der Waals surface area contributed by atoms with Crippen LogP contribution in [0.5, 0.6) is 0 Å². The molecular formula is C20H19O4P. The van der Waals surface area contributed by atoms with Crippen LogP contribution in [0.2, 0.25) is 0 Å². The predicted molar refractivity (Wildman–Crippen MR) is 101 cm³/mol. The van der Waals surface area contributed by atoms with Crippen LogP contribution in [0.25, 0.3) is 11.6 Å². The van der Waals surface area contributed by atoms with Crippen LogP contribution in [0, 0.1) is 0 Å². The standard InChI is InChI=1S/C20H16.H3O4P/c1-4-10-17(11-5-1)16-20(18-12-6-2-7-13-18)19-14-8-3-9-15-19;1-5(2,3)4/h1-16H;(H3,1,2,3,4). The van der Waals surface area contributed by atoms with E-state index in [1.54, 1.807) is 0 Å². The summed E-state index contributed by atoms with van der Waals surface area (Å²) in [6.07, 6.45) is 2.24. The van der Waals surface area contributed by atoms with E-state index in [0.29, 0.717) is 0 Å². The maximum absolute atomic E-state index is 8.88. The quantitative estimate of drug-likeness (QED) is 0.483. The van der Waals surface area contributed by atoms with Gasteiger partial charge in [0.1, 0.15) is 0 Å². The minimum Gasteiger partial charge on any atom is -0.303 e. The largest absolute Gasteiger partial charge is 0.466 e. The smallest absolute Gasteiger partial charge is 0.303 e. The van der Waals surface area contributed by atoms with Crippen LogP contribution in [-0.4, -0.2) is 14.7 Å². The van der Waals surface area contributed by atoms with Crippen LogP contribution in [0.4, 0.5) is 0 Å². The van der Waals surface area contributed by atoms with Gasteiger partial charge in [0.05, 0.1) is 0 Å². The lowest BCUT2D eigenvalue weighted by atomic mass is 9.96. The maximum atomic E-state index is 8.88. The fourth-order valence-corrected chi connectivity index (χ4v) is 2.28. The van der Waals surface area contributed by atoms with E-state index in [1.807, 2.05) is 6.07 Å². The molecule has 0 saturated carbocycles. The van der Waals surface area contributed by atoms with Gasteiger partial charge >= 0.3 is 7.82 Å². The van der Waals surface area contributed by atoms with Crippen LogP contribution in [-0.2, 0) is 4.57 Å². The zero-order valence-corrected chi connectivity index (χ0v) is 14.3. The Kier molecular flexibility index (Phi) is 6.87. The molecule has 0 amide bonds. The molecule has 0 atom stereocenters. The fraction of sp³-hybridized carbons (Fsp3) is 0. The molecule has 0 heterocycles. The van der Waals surface area contributed by atoms with Crippen molar-refractivity contribution in [3.8, 4) is 0 Å². The van der Waals surface area contributed by atoms with E-state index >= 15 is 0 Å². The highest BCUT2D eigenvalue weighted by Gasteiger charge is 2.04. The minimum atomic E-state index is -4.64. The molecule has 0 aliphatic rings. The molecule has 0 aliphatic carbocycles. The molecule has 4 nitrogen and oxygen atoms in total. The molecule has 0 aliphatic heterocycles. The van der Waals surface area contributed by atoms with E-state index in [9.17, 15) is 0 Å². The van der Waals surface area contributed by atoms with Crippen molar-refractivity contribution in [3.05, 3.63) is 108 Å². The molecule has 3 N–H and O–H groups in total. The van der Waals surface area contributed by atoms with Gasteiger partial charge in [-0.3, -0.25) is 0 Å². The first-order valence-corrected chi connectivity index (χ1v) is 9.16. The van der Waals surface area contributed by atoms with E-state index in [0.717, 1.165) is 0 Å². The van der Waals surface area contributed by atoms with Gasteiger partial charge in [-0.05, 0) is 28.3 Å². The van der Waals surface area contributed by atoms with Gasteiger partial charge in [-0.2, -0.15) is 0 Å². The van der Waals surface area contributed by atoms with Crippen molar-refractivity contribution >= 4 is 19.5 Å². The molecule has 128 valence electrons. The summed E-state index contributed by atoms with van der Waals surface area (Å²) in [5.74, 6) is 0. The molecule has 0 fully saturated rings. The molecule has 0 radical (unpaired) electrons. The summed E-state index contributed by atoms with van der Waals surface area (Å²) < 4.78 is 8.88. The number of benzene rings is 3. The van der Waals surface area contributed by atoms with E-state index < -0.39 is 7.82 Å². The number of rotatable bonds is 3. The third-order valence-electron chi connectivity index (χ3n) is 3.28. The molecule has 5 heteroatoms. The van der Waals surface area contributed by atoms with Crippen molar-refractivity contribution in [1.29, 1.82) is 0 Å². The maximum Gasteiger partial charge on any atom is 0.466 e. The van der Waals surface area contributed by atoms with Crippen molar-refractivity contribution in [3.63, 3.8) is 0 Å². The molecule has 0 aromatic heterocycles. The number of hydrogen-bond acceptors (Lipinski definition) is 1. The third-order valence-corrected chi connectivity index (χ3v) is 3.28. The van der Waals surface area contributed by atoms with Crippen LogP contribution in [0.1, 0.15) is 16.7 Å². The Morgan fingerprint density at radius 3 is 1.32 bits per heavy atom. The predicted octanol–water partition coefficient (Wildman–Crippen LogP) is 4.35. The molecule has 0 unspecified atom stereocenters. The highest BCUT2D eigenvalue weighted by molar-refractivity contribution is 7.45. The zero-order chi connectivity index (χ0) is 18.1. The number of phosphoric acid groups is 1. The van der Waals surface area contributed by atoms with Crippen LogP contribution < -0.4 is 0 Å². The second-order valence-corrected chi connectivity index (χ2v) is 6.24. The van der Waals surface area contributed by atoms with E-state index in [-0.39, 0.29) is 0 Å². The van der Waals surface area contributed by atoms with Crippen LogP contribution in [0.15, 0.2) is 91.0 Å². The summed E-state index contributed by atoms with van der Waals surface area (Å²) in [7, 11) is -4.64. The summed E-state index contributed by atoms with van der Waals surface area (Å²) in [5, 5.41) is 0. The zero-order valence-electron chi connectivity index (χ0n) is 13.4. The Morgan fingerprint density at radius 2 is 0.960 bits per heavy atom. The molecule has 3 rings (SSSR count). The number of hydrogen-bond donors (Lipinski definition) is 3. The summed E-state index contributed by atoms with van der Waals surface area (Å²) in [4.78, 5) is 21.6. The SMILES string of the molecule is C(=C(c1ccccc1)c1ccccc1)c1ccccc1.O=P(O)(O)O. The van der Waals surface area contributed by atoms with Gasteiger partial charge in [0.15, 0.2) is 0 Å². The average Bonchev–Trinajstić information content (AvgIpc) is 2.61. The van der Waals surface area contributed by atoms with Crippen LogP contribution in [0.3, 0.4) is 0 Å². The van der Waals surface area contributed by atoms with E-state index in [1.165, 1.54) is 22.3 Å². The van der Waals surface area contributed by atoms with Gasteiger partial charge < -0.3 is 14.7 Å². The molecule has 0 spiro atoms. The van der Waals surface area contributed by atoms with Gasteiger partial charge in [0.2, 0.25) is 0 Å². The van der Waals surface area contributed by atoms with Gasteiger partial charge in [-0.25, -0.2) is 4.57 Å². The van der Waals surface area contributed by atoms with E-state index in [2.05, 4.69) is 91.0 Å². The molecule has 3 aromatic carbocycles. The molecular weight excluding hydrogens is 335 g/mol. The first kappa shape index (κ1) is 18.8. The van der Waals surface area contributed by atoms with Crippen molar-refractivity contribution in [2.24, 2.45) is 0 Å². The fourth-order valence-electron chi connectivity index (χ4n) is 2.28. The Morgan fingerprint density at radius 1 is 0.640 bits per heavy atom. The summed E-state index contributed by atoms with van der Waals surface area (Å²) in [6.45, 7) is 0. The molecule has 0 saturated heterocycles. The Bertz CT molecular complexity index is 791. The Balaban J connectivity index is 0.000000399. The van der Waals surface area contributed by atoms with Gasteiger partial charge in [-0.1, -0.05) is 91.0 Å². The van der Waals surface area contributed by atoms with Gasteiger partial charge in [0, 0.05) is 0 Å².